The summed E-state index contributed by atoms with van der Waals surface area (Å²) in [4.78, 5) is 23.5. The monoisotopic (exact) mass is 409 g/mol. The van der Waals surface area contributed by atoms with Gasteiger partial charge in [-0.25, -0.2) is 9.18 Å². The van der Waals surface area contributed by atoms with E-state index in [1.54, 1.807) is 6.07 Å². The van der Waals surface area contributed by atoms with Gasteiger partial charge in [0.25, 0.3) is 5.91 Å². The van der Waals surface area contributed by atoms with E-state index in [0.29, 0.717) is 15.9 Å². The van der Waals surface area contributed by atoms with Crippen LogP contribution in [0.4, 0.5) is 10.1 Å². The van der Waals surface area contributed by atoms with E-state index in [1.165, 1.54) is 18.2 Å². The number of rotatable bonds is 7. The zero-order chi connectivity index (χ0) is 18.2. The molecule has 2 aromatic rings. The number of anilines is 1. The maximum absolute atomic E-state index is 13.0. The molecule has 132 valence electrons. The number of ether oxygens (including phenoxy) is 2. The van der Waals surface area contributed by atoms with Crippen LogP contribution in [0.5, 0.6) is 5.75 Å². The molecule has 1 N–H and O–H groups in total. The van der Waals surface area contributed by atoms with E-state index in [4.69, 9.17) is 9.47 Å². The molecule has 0 aliphatic heterocycles. The molecular formula is C18H17BrFNO4. The van der Waals surface area contributed by atoms with Crippen molar-refractivity contribution in [1.29, 1.82) is 0 Å². The highest BCUT2D eigenvalue weighted by atomic mass is 79.9. The fourth-order valence-corrected chi connectivity index (χ4v) is 2.52. The van der Waals surface area contributed by atoms with Crippen molar-refractivity contribution >= 4 is 33.5 Å². The van der Waals surface area contributed by atoms with Gasteiger partial charge in [-0.1, -0.05) is 25.1 Å². The van der Waals surface area contributed by atoms with E-state index in [0.717, 1.165) is 12.0 Å². The third-order valence-corrected chi connectivity index (χ3v) is 3.90. The molecule has 25 heavy (non-hydrogen) atoms. The van der Waals surface area contributed by atoms with E-state index in [-0.39, 0.29) is 6.61 Å². The van der Waals surface area contributed by atoms with Crippen LogP contribution in [-0.2, 0) is 20.7 Å². The van der Waals surface area contributed by atoms with Crippen molar-refractivity contribution in [3.63, 3.8) is 0 Å². The van der Waals surface area contributed by atoms with Crippen molar-refractivity contribution in [2.75, 3.05) is 18.5 Å². The summed E-state index contributed by atoms with van der Waals surface area (Å²) in [6.07, 6.45) is 0.774. The van der Waals surface area contributed by atoms with Crippen LogP contribution < -0.4 is 10.1 Å². The molecule has 1 amide bonds. The Labute approximate surface area is 153 Å². The minimum absolute atomic E-state index is 0.305. The minimum Gasteiger partial charge on any atom is -0.481 e. The molecule has 0 aromatic heterocycles. The summed E-state index contributed by atoms with van der Waals surface area (Å²) in [7, 11) is 0. The van der Waals surface area contributed by atoms with Crippen molar-refractivity contribution < 1.29 is 23.5 Å². The molecule has 0 fully saturated rings. The van der Waals surface area contributed by atoms with Crippen molar-refractivity contribution in [3.8, 4) is 5.75 Å². The molecule has 5 nitrogen and oxygen atoms in total. The van der Waals surface area contributed by atoms with Gasteiger partial charge in [-0.3, -0.25) is 4.79 Å². The average Bonchev–Trinajstić information content (AvgIpc) is 2.59. The average molecular weight is 410 g/mol. The standard InChI is InChI=1S/C18H17BrFNO4/c1-2-12-5-3-4-6-15(12)21-17(22)10-25-18(23)11-24-16-8-7-13(20)9-14(16)19/h3-9H,2,10-11H2,1H3,(H,21,22). The molecule has 0 saturated carbocycles. The predicted molar refractivity (Wildman–Crippen MR) is 95.0 cm³/mol. The Hall–Kier alpha value is -2.41. The smallest absolute Gasteiger partial charge is 0.344 e. The van der Waals surface area contributed by atoms with Crippen LogP contribution in [0.15, 0.2) is 46.9 Å². The van der Waals surface area contributed by atoms with Crippen LogP contribution in [0.3, 0.4) is 0 Å². The summed E-state index contributed by atoms with van der Waals surface area (Å²) >= 11 is 3.13. The number of carbonyl (C=O) groups excluding carboxylic acids is 2. The van der Waals surface area contributed by atoms with Gasteiger partial charge in [-0.15, -0.1) is 0 Å². The van der Waals surface area contributed by atoms with Crippen molar-refractivity contribution in [2.24, 2.45) is 0 Å². The maximum atomic E-state index is 13.0. The van der Waals surface area contributed by atoms with Crippen LogP contribution >= 0.6 is 15.9 Å². The molecule has 0 aliphatic carbocycles. The molecule has 0 atom stereocenters. The van der Waals surface area contributed by atoms with Crippen LogP contribution in [0.1, 0.15) is 12.5 Å². The Morgan fingerprint density at radius 3 is 2.64 bits per heavy atom. The van der Waals surface area contributed by atoms with Gasteiger partial charge in [0.1, 0.15) is 11.6 Å². The predicted octanol–water partition coefficient (Wildman–Crippen LogP) is 3.71. The number of hydrogen-bond donors (Lipinski definition) is 1. The Bertz CT molecular complexity index is 766. The normalized spacial score (nSPS) is 10.2. The second-order valence-corrected chi connectivity index (χ2v) is 5.94. The highest BCUT2D eigenvalue weighted by molar-refractivity contribution is 9.10. The molecule has 0 aliphatic rings. The second kappa shape index (κ2) is 9.17. The van der Waals surface area contributed by atoms with Gasteiger partial charge in [-0.2, -0.15) is 0 Å². The van der Waals surface area contributed by atoms with E-state index in [9.17, 15) is 14.0 Å². The molecular weight excluding hydrogens is 393 g/mol. The van der Waals surface area contributed by atoms with E-state index >= 15 is 0 Å². The number of esters is 1. The van der Waals surface area contributed by atoms with Gasteiger partial charge in [0.2, 0.25) is 0 Å². The second-order valence-electron chi connectivity index (χ2n) is 5.08. The number of carbonyl (C=O) groups is 2. The number of benzene rings is 2. The molecule has 0 spiro atoms. The summed E-state index contributed by atoms with van der Waals surface area (Å²) in [6, 6.07) is 11.2. The topological polar surface area (TPSA) is 64.6 Å². The number of aryl methyl sites for hydroxylation is 1. The lowest BCUT2D eigenvalue weighted by Crippen LogP contribution is -2.24. The number of para-hydroxylation sites is 1. The zero-order valence-corrected chi connectivity index (χ0v) is 15.1. The number of halogens is 2. The Balaban J connectivity index is 1.78. The molecule has 0 radical (unpaired) electrons. The number of nitrogens with one attached hydrogen (secondary N) is 1. The Kier molecular flexibility index (Phi) is 6.94. The number of hydrogen-bond acceptors (Lipinski definition) is 4. The fourth-order valence-electron chi connectivity index (χ4n) is 2.05. The van der Waals surface area contributed by atoms with Crippen LogP contribution in [-0.4, -0.2) is 25.1 Å². The first kappa shape index (κ1) is 18.9. The lowest BCUT2D eigenvalue weighted by atomic mass is 10.1. The lowest BCUT2D eigenvalue weighted by Gasteiger charge is -2.11. The summed E-state index contributed by atoms with van der Waals surface area (Å²) in [5, 5.41) is 2.70. The molecule has 0 bridgehead atoms. The highest BCUT2D eigenvalue weighted by Crippen LogP contribution is 2.25. The zero-order valence-electron chi connectivity index (χ0n) is 13.6. The molecule has 0 unspecified atom stereocenters. The lowest BCUT2D eigenvalue weighted by molar-refractivity contribution is -0.149. The third kappa shape index (κ3) is 5.86. The van der Waals surface area contributed by atoms with Crippen molar-refractivity contribution in [2.45, 2.75) is 13.3 Å². The molecule has 2 rings (SSSR count). The molecule has 7 heteroatoms. The first-order valence-corrected chi connectivity index (χ1v) is 8.40. The molecule has 0 heterocycles. The summed E-state index contributed by atoms with van der Waals surface area (Å²) in [5.41, 5.74) is 1.68. The first-order chi connectivity index (χ1) is 12.0. The maximum Gasteiger partial charge on any atom is 0.344 e. The van der Waals surface area contributed by atoms with Crippen LogP contribution in [0.2, 0.25) is 0 Å². The van der Waals surface area contributed by atoms with Crippen molar-refractivity contribution in [3.05, 3.63) is 58.3 Å². The Morgan fingerprint density at radius 1 is 1.16 bits per heavy atom. The quantitative estimate of drug-likeness (QED) is 0.707. The SMILES string of the molecule is CCc1ccccc1NC(=O)COC(=O)COc1ccc(F)cc1Br. The highest BCUT2D eigenvalue weighted by Gasteiger charge is 2.11. The van der Waals surface area contributed by atoms with E-state index in [2.05, 4.69) is 21.2 Å². The minimum atomic E-state index is -0.699. The summed E-state index contributed by atoms with van der Waals surface area (Å²) in [5.74, 6) is -1.25. The van der Waals surface area contributed by atoms with E-state index < -0.39 is 24.3 Å². The fraction of sp³-hybridized carbons (Fsp3) is 0.222. The summed E-state index contributed by atoms with van der Waals surface area (Å²) < 4.78 is 23.4. The van der Waals surface area contributed by atoms with E-state index in [1.807, 2.05) is 25.1 Å². The van der Waals surface area contributed by atoms with Crippen LogP contribution in [0.25, 0.3) is 0 Å². The van der Waals surface area contributed by atoms with Crippen LogP contribution in [0, 0.1) is 5.82 Å². The first-order valence-electron chi connectivity index (χ1n) is 7.60. The van der Waals surface area contributed by atoms with Gasteiger partial charge < -0.3 is 14.8 Å². The van der Waals surface area contributed by atoms with Gasteiger partial charge in [-0.05, 0) is 52.2 Å². The van der Waals surface area contributed by atoms with Crippen molar-refractivity contribution in [1.82, 2.24) is 0 Å². The van der Waals surface area contributed by atoms with Gasteiger partial charge in [0, 0.05) is 5.69 Å². The van der Waals surface area contributed by atoms with Gasteiger partial charge in [0.05, 0.1) is 4.47 Å². The number of amides is 1. The summed E-state index contributed by atoms with van der Waals surface area (Å²) in [6.45, 7) is 1.18. The third-order valence-electron chi connectivity index (χ3n) is 3.28. The van der Waals surface area contributed by atoms with Gasteiger partial charge in [0.15, 0.2) is 13.2 Å². The Morgan fingerprint density at radius 2 is 1.92 bits per heavy atom. The molecule has 2 aromatic carbocycles. The largest absolute Gasteiger partial charge is 0.481 e. The molecule has 0 saturated heterocycles. The van der Waals surface area contributed by atoms with Gasteiger partial charge >= 0.3 is 5.97 Å².